The van der Waals surface area contributed by atoms with Crippen LogP contribution in [-0.4, -0.2) is 45.5 Å². The van der Waals surface area contributed by atoms with Crippen LogP contribution in [0.5, 0.6) is 0 Å². The van der Waals surface area contributed by atoms with Crippen molar-refractivity contribution < 1.29 is 24.2 Å². The summed E-state index contributed by atoms with van der Waals surface area (Å²) in [5.74, 6) is -2.08. The van der Waals surface area contributed by atoms with Crippen molar-refractivity contribution in [3.8, 4) is 11.1 Å². The monoisotopic (exact) mass is 476 g/mol. The Hall–Kier alpha value is -4.14. The zero-order valence-electron chi connectivity index (χ0n) is 19.8. The van der Waals surface area contributed by atoms with Crippen LogP contribution >= 0.6 is 0 Å². The number of amides is 2. The molecule has 0 aliphatic heterocycles. The van der Waals surface area contributed by atoms with E-state index in [1.165, 1.54) is 13.2 Å². The number of ether oxygens (including phenoxy) is 1. The molecule has 3 aromatic rings. The highest BCUT2D eigenvalue weighted by Gasteiger charge is 2.31. The maximum Gasteiger partial charge on any atom is 0.407 e. The highest BCUT2D eigenvalue weighted by molar-refractivity contribution is 6.02. The van der Waals surface area contributed by atoms with Gasteiger partial charge in [-0.1, -0.05) is 68.8 Å². The molecule has 9 heteroatoms. The number of carboxylic acid groups (broad SMARTS) is 1. The summed E-state index contributed by atoms with van der Waals surface area (Å²) in [5.41, 5.74) is 4.35. The second-order valence-corrected chi connectivity index (χ2v) is 8.66. The highest BCUT2D eigenvalue weighted by Crippen LogP contribution is 2.44. The maximum absolute atomic E-state index is 13.0. The Morgan fingerprint density at radius 3 is 2.26 bits per heavy atom. The molecule has 2 amide bonds. The van der Waals surface area contributed by atoms with Crippen LogP contribution in [0.25, 0.3) is 11.1 Å². The summed E-state index contributed by atoms with van der Waals surface area (Å²) in [6.07, 6.45) is 1.17. The molecule has 1 heterocycles. The molecular weight excluding hydrogens is 448 g/mol. The van der Waals surface area contributed by atoms with Gasteiger partial charge in [-0.2, -0.15) is 5.10 Å². The van der Waals surface area contributed by atoms with Gasteiger partial charge in [-0.05, 0) is 28.2 Å². The Morgan fingerprint density at radius 1 is 1.09 bits per heavy atom. The zero-order valence-corrected chi connectivity index (χ0v) is 19.8. The number of nitrogens with one attached hydrogen (secondary N) is 2. The number of aryl methyl sites for hydroxylation is 1. The third-order valence-corrected chi connectivity index (χ3v) is 6.51. The summed E-state index contributed by atoms with van der Waals surface area (Å²) in [4.78, 5) is 37.3. The SMILES string of the molecule is CC[C@H](C)[C@H](NC(=O)OCC1c2ccccc2-c2ccccc21)C(=O)Nc1cnn(C)c1C(=O)O. The molecule has 2 atom stereocenters. The van der Waals surface area contributed by atoms with Gasteiger partial charge in [0.2, 0.25) is 5.91 Å². The van der Waals surface area contributed by atoms with Crippen molar-refractivity contribution >= 4 is 23.7 Å². The molecule has 1 aromatic heterocycles. The van der Waals surface area contributed by atoms with E-state index in [-0.39, 0.29) is 29.8 Å². The number of fused-ring (bicyclic) bond motifs is 3. The summed E-state index contributed by atoms with van der Waals surface area (Å²) in [5, 5.41) is 18.5. The number of nitrogens with zero attached hydrogens (tertiary/aromatic N) is 2. The molecule has 0 unspecified atom stereocenters. The van der Waals surface area contributed by atoms with E-state index < -0.39 is 24.0 Å². The molecule has 0 saturated heterocycles. The lowest BCUT2D eigenvalue weighted by Crippen LogP contribution is -2.48. The van der Waals surface area contributed by atoms with E-state index in [2.05, 4.69) is 27.9 Å². The van der Waals surface area contributed by atoms with Crippen LogP contribution < -0.4 is 10.6 Å². The predicted octanol–water partition coefficient (Wildman–Crippen LogP) is 4.01. The molecule has 0 saturated carbocycles. The van der Waals surface area contributed by atoms with Crippen molar-refractivity contribution in [2.24, 2.45) is 13.0 Å². The van der Waals surface area contributed by atoms with Crippen molar-refractivity contribution in [3.63, 3.8) is 0 Å². The standard InChI is InChI=1S/C26H28N4O5/c1-4-15(2)22(24(31)28-21-13-27-30(3)23(21)25(32)33)29-26(34)35-14-20-18-11-7-5-9-16(18)17-10-6-8-12-19(17)20/h5-13,15,20,22H,4,14H2,1-3H3,(H,28,31)(H,29,34)(H,32,33)/t15-,22-/m0/s1. The van der Waals surface area contributed by atoms with Gasteiger partial charge in [0.15, 0.2) is 5.69 Å². The first-order valence-electron chi connectivity index (χ1n) is 11.5. The molecule has 0 bridgehead atoms. The fourth-order valence-corrected chi connectivity index (χ4v) is 4.46. The first-order chi connectivity index (χ1) is 16.8. The van der Waals surface area contributed by atoms with E-state index in [4.69, 9.17) is 4.74 Å². The van der Waals surface area contributed by atoms with E-state index in [1.54, 1.807) is 0 Å². The average Bonchev–Trinajstić information content (AvgIpc) is 3.38. The fourth-order valence-electron chi connectivity index (χ4n) is 4.46. The van der Waals surface area contributed by atoms with E-state index in [9.17, 15) is 19.5 Å². The van der Waals surface area contributed by atoms with Gasteiger partial charge in [0, 0.05) is 13.0 Å². The molecule has 0 fully saturated rings. The van der Waals surface area contributed by atoms with Crippen molar-refractivity contribution in [1.82, 2.24) is 15.1 Å². The summed E-state index contributed by atoms with van der Waals surface area (Å²) >= 11 is 0. The molecule has 35 heavy (non-hydrogen) atoms. The molecule has 4 rings (SSSR count). The second-order valence-electron chi connectivity index (χ2n) is 8.66. The molecular formula is C26H28N4O5. The third kappa shape index (κ3) is 4.75. The van der Waals surface area contributed by atoms with Crippen LogP contribution in [0.3, 0.4) is 0 Å². The van der Waals surface area contributed by atoms with Gasteiger partial charge in [-0.25, -0.2) is 9.59 Å². The summed E-state index contributed by atoms with van der Waals surface area (Å²) in [6, 6.07) is 15.2. The number of aromatic nitrogens is 2. The minimum Gasteiger partial charge on any atom is -0.476 e. The maximum atomic E-state index is 13.0. The smallest absolute Gasteiger partial charge is 0.407 e. The van der Waals surface area contributed by atoms with Crippen molar-refractivity contribution in [3.05, 3.63) is 71.5 Å². The molecule has 1 aliphatic rings. The minimum atomic E-state index is -1.22. The Labute approximate surface area is 203 Å². The number of benzene rings is 2. The van der Waals surface area contributed by atoms with Crippen molar-refractivity contribution in [1.29, 1.82) is 0 Å². The third-order valence-electron chi connectivity index (χ3n) is 6.51. The topological polar surface area (TPSA) is 123 Å². The Morgan fingerprint density at radius 2 is 1.69 bits per heavy atom. The van der Waals surface area contributed by atoms with E-state index in [0.717, 1.165) is 26.9 Å². The van der Waals surface area contributed by atoms with E-state index in [0.29, 0.717) is 6.42 Å². The van der Waals surface area contributed by atoms with Gasteiger partial charge in [0.1, 0.15) is 12.6 Å². The number of rotatable bonds is 8. The molecule has 0 radical (unpaired) electrons. The average molecular weight is 477 g/mol. The van der Waals surface area contributed by atoms with Gasteiger partial charge in [-0.3, -0.25) is 9.48 Å². The second kappa shape index (κ2) is 10.0. The lowest BCUT2D eigenvalue weighted by Gasteiger charge is -2.23. The largest absolute Gasteiger partial charge is 0.476 e. The van der Waals surface area contributed by atoms with Gasteiger partial charge in [-0.15, -0.1) is 0 Å². The lowest BCUT2D eigenvalue weighted by atomic mass is 9.98. The van der Waals surface area contributed by atoms with Crippen LogP contribution in [0.4, 0.5) is 10.5 Å². The number of carbonyl (C=O) groups excluding carboxylic acids is 2. The summed E-state index contributed by atoms with van der Waals surface area (Å²) < 4.78 is 6.75. The van der Waals surface area contributed by atoms with Crippen LogP contribution in [0.2, 0.25) is 0 Å². The number of aromatic carboxylic acids is 1. The van der Waals surface area contributed by atoms with Crippen LogP contribution in [-0.2, 0) is 16.6 Å². The van der Waals surface area contributed by atoms with E-state index >= 15 is 0 Å². The van der Waals surface area contributed by atoms with Crippen LogP contribution in [0.15, 0.2) is 54.7 Å². The Kier molecular flexibility index (Phi) is 6.86. The number of carbonyl (C=O) groups is 3. The van der Waals surface area contributed by atoms with Gasteiger partial charge >= 0.3 is 12.1 Å². The molecule has 2 aromatic carbocycles. The summed E-state index contributed by atoms with van der Waals surface area (Å²) in [7, 11) is 1.47. The van der Waals surface area contributed by atoms with Gasteiger partial charge < -0.3 is 20.5 Å². The Bertz CT molecular complexity index is 1220. The van der Waals surface area contributed by atoms with Gasteiger partial charge in [0.25, 0.3) is 0 Å². The van der Waals surface area contributed by atoms with Gasteiger partial charge in [0.05, 0.1) is 11.9 Å². The Balaban J connectivity index is 1.45. The number of anilines is 1. The molecule has 9 nitrogen and oxygen atoms in total. The minimum absolute atomic E-state index is 0.0626. The number of hydrogen-bond donors (Lipinski definition) is 3. The van der Waals surface area contributed by atoms with Crippen LogP contribution in [0.1, 0.15) is 47.8 Å². The van der Waals surface area contributed by atoms with Crippen molar-refractivity contribution in [2.45, 2.75) is 32.2 Å². The number of hydrogen-bond acceptors (Lipinski definition) is 5. The molecule has 1 aliphatic carbocycles. The molecule has 0 spiro atoms. The molecule has 182 valence electrons. The van der Waals surface area contributed by atoms with E-state index in [1.807, 2.05) is 50.2 Å². The fraction of sp³-hybridized carbons (Fsp3) is 0.308. The summed E-state index contributed by atoms with van der Waals surface area (Å²) in [6.45, 7) is 3.85. The van der Waals surface area contributed by atoms with Crippen molar-refractivity contribution in [2.75, 3.05) is 11.9 Å². The van der Waals surface area contributed by atoms with Crippen LogP contribution in [0, 0.1) is 5.92 Å². The lowest BCUT2D eigenvalue weighted by molar-refractivity contribution is -0.119. The molecule has 3 N–H and O–H groups in total. The first kappa shape index (κ1) is 24.0. The highest BCUT2D eigenvalue weighted by atomic mass is 16.5. The number of carboxylic acids is 1. The quantitative estimate of drug-likeness (QED) is 0.452. The first-order valence-corrected chi connectivity index (χ1v) is 11.5. The predicted molar refractivity (Wildman–Crippen MR) is 130 cm³/mol. The number of alkyl carbamates (subject to hydrolysis) is 1. The zero-order chi connectivity index (χ0) is 25.1. The normalized spacial score (nSPS) is 13.9.